The molecule has 158 valence electrons. The summed E-state index contributed by atoms with van der Waals surface area (Å²) < 4.78 is 41.4. The van der Waals surface area contributed by atoms with Gasteiger partial charge in [-0.15, -0.1) is 0 Å². The number of likely N-dealkylation sites (N-methyl/N-ethyl adjacent to an activating group) is 1. The second-order valence-electron chi connectivity index (χ2n) is 10.1. The van der Waals surface area contributed by atoms with Gasteiger partial charge in [-0.3, -0.25) is 4.79 Å². The van der Waals surface area contributed by atoms with Gasteiger partial charge < -0.3 is 5.32 Å². The first-order chi connectivity index (χ1) is 13.6. The van der Waals surface area contributed by atoms with E-state index in [0.717, 1.165) is 25.3 Å². The van der Waals surface area contributed by atoms with Gasteiger partial charge in [-0.2, -0.15) is 4.31 Å². The second kappa shape index (κ2) is 6.27. The lowest BCUT2D eigenvalue weighted by molar-refractivity contribution is -0.131. The van der Waals surface area contributed by atoms with Crippen LogP contribution in [0.25, 0.3) is 0 Å². The van der Waals surface area contributed by atoms with E-state index in [-0.39, 0.29) is 16.3 Å². The number of rotatable bonds is 5. The fourth-order valence-corrected chi connectivity index (χ4v) is 8.08. The molecule has 0 aromatic heterocycles. The van der Waals surface area contributed by atoms with Crippen molar-refractivity contribution >= 4 is 15.9 Å². The smallest absolute Gasteiger partial charge is 0.243 e. The monoisotopic (exact) mass is 420 g/mol. The van der Waals surface area contributed by atoms with Crippen LogP contribution in [0.1, 0.15) is 56.9 Å². The van der Waals surface area contributed by atoms with Gasteiger partial charge in [0.1, 0.15) is 11.4 Å². The zero-order valence-corrected chi connectivity index (χ0v) is 17.9. The molecular weight excluding hydrogens is 391 g/mol. The maximum absolute atomic E-state index is 14.0. The number of sulfonamides is 1. The molecule has 0 spiro atoms. The Morgan fingerprint density at radius 3 is 2.14 bits per heavy atom. The van der Waals surface area contributed by atoms with Gasteiger partial charge in [0.15, 0.2) is 0 Å². The predicted octanol–water partition coefficient (Wildman–Crippen LogP) is 3.37. The molecule has 0 unspecified atom stereocenters. The van der Waals surface area contributed by atoms with Crippen molar-refractivity contribution in [2.75, 3.05) is 7.05 Å². The topological polar surface area (TPSA) is 66.5 Å². The third-order valence-corrected chi connectivity index (χ3v) is 9.89. The van der Waals surface area contributed by atoms with E-state index < -0.39 is 21.4 Å². The van der Waals surface area contributed by atoms with Crippen molar-refractivity contribution in [2.24, 2.45) is 17.8 Å². The first kappa shape index (κ1) is 19.5. The highest BCUT2D eigenvalue weighted by molar-refractivity contribution is 7.89. The molecule has 0 saturated heterocycles. The number of hydrogen-bond donors (Lipinski definition) is 1. The molecule has 5 fully saturated rings. The Labute approximate surface area is 172 Å². The average molecular weight is 421 g/mol. The molecule has 1 amide bonds. The molecule has 29 heavy (non-hydrogen) atoms. The molecule has 5 aliphatic rings. The summed E-state index contributed by atoms with van der Waals surface area (Å²) in [5.74, 6) is 1.39. The summed E-state index contributed by atoms with van der Waals surface area (Å²) in [5.41, 5.74) is -0.793. The summed E-state index contributed by atoms with van der Waals surface area (Å²) in [6, 6.07) is 3.93. The molecule has 0 aliphatic heterocycles. The maximum Gasteiger partial charge on any atom is 0.243 e. The van der Waals surface area contributed by atoms with Crippen molar-refractivity contribution in [1.29, 1.82) is 0 Å². The minimum atomic E-state index is -3.95. The van der Waals surface area contributed by atoms with Gasteiger partial charge in [0.2, 0.25) is 15.9 Å². The van der Waals surface area contributed by atoms with Crippen LogP contribution in [-0.2, 0) is 14.8 Å². The number of aryl methyl sites for hydroxylation is 1. The highest BCUT2D eigenvalue weighted by atomic mass is 32.2. The van der Waals surface area contributed by atoms with Crippen molar-refractivity contribution < 1.29 is 17.6 Å². The van der Waals surface area contributed by atoms with Gasteiger partial charge in [-0.25, -0.2) is 12.8 Å². The Morgan fingerprint density at radius 1 is 1.10 bits per heavy atom. The molecule has 6 rings (SSSR count). The molecule has 5 aliphatic carbocycles. The van der Waals surface area contributed by atoms with Crippen molar-refractivity contribution in [1.82, 2.24) is 9.62 Å². The van der Waals surface area contributed by atoms with E-state index in [1.807, 2.05) is 0 Å². The number of benzene rings is 1. The van der Waals surface area contributed by atoms with Gasteiger partial charge >= 0.3 is 0 Å². The standard InChI is InChI=1S/C22H29FN2O3S/c1-14-3-4-18(10-19(14)23)29(27,28)25(2)22(5-6-22)20(26)24-21-11-15-7-16(12-21)9-17(8-15)13-21/h3-4,10,15-17H,5-9,11-13H2,1-2H3,(H,24,26). The van der Waals surface area contributed by atoms with Gasteiger partial charge in [0.05, 0.1) is 4.90 Å². The van der Waals surface area contributed by atoms with Crippen LogP contribution in [0.4, 0.5) is 4.39 Å². The van der Waals surface area contributed by atoms with Gasteiger partial charge in [0.25, 0.3) is 0 Å². The first-order valence-corrected chi connectivity index (χ1v) is 12.2. The van der Waals surface area contributed by atoms with Crippen LogP contribution >= 0.6 is 0 Å². The average Bonchev–Trinajstić information content (AvgIpc) is 3.43. The fraction of sp³-hybridized carbons (Fsp3) is 0.682. The van der Waals surface area contributed by atoms with Crippen LogP contribution in [-0.4, -0.2) is 36.8 Å². The quantitative estimate of drug-likeness (QED) is 0.794. The van der Waals surface area contributed by atoms with E-state index in [9.17, 15) is 17.6 Å². The largest absolute Gasteiger partial charge is 0.349 e. The van der Waals surface area contributed by atoms with Gasteiger partial charge in [-0.1, -0.05) is 6.07 Å². The maximum atomic E-state index is 14.0. The Bertz CT molecular complexity index is 935. The van der Waals surface area contributed by atoms with Crippen LogP contribution in [0.2, 0.25) is 0 Å². The molecular formula is C22H29FN2O3S. The fourth-order valence-electron chi connectivity index (χ4n) is 6.55. The van der Waals surface area contributed by atoms with Crippen LogP contribution in [0.15, 0.2) is 23.1 Å². The summed E-state index contributed by atoms with van der Waals surface area (Å²) in [4.78, 5) is 13.3. The lowest BCUT2D eigenvalue weighted by Gasteiger charge is -2.57. The van der Waals surface area contributed by atoms with E-state index in [0.29, 0.717) is 36.2 Å². The van der Waals surface area contributed by atoms with E-state index in [2.05, 4.69) is 5.32 Å². The molecule has 1 aromatic carbocycles. The van der Waals surface area contributed by atoms with Crippen LogP contribution in [0.3, 0.4) is 0 Å². The SMILES string of the molecule is Cc1ccc(S(=O)(=O)N(C)C2(C(=O)NC34CC5CC(CC(C5)C3)C4)CC2)cc1F. The van der Waals surface area contributed by atoms with Crippen LogP contribution < -0.4 is 5.32 Å². The van der Waals surface area contributed by atoms with Crippen molar-refractivity contribution in [3.05, 3.63) is 29.6 Å². The highest BCUT2D eigenvalue weighted by Crippen LogP contribution is 2.56. The van der Waals surface area contributed by atoms with E-state index in [1.54, 1.807) is 6.92 Å². The number of hydrogen-bond acceptors (Lipinski definition) is 3. The number of carbonyl (C=O) groups is 1. The number of nitrogens with one attached hydrogen (secondary N) is 1. The molecule has 7 heteroatoms. The minimum absolute atomic E-state index is 0.100. The minimum Gasteiger partial charge on any atom is -0.349 e. The lowest BCUT2D eigenvalue weighted by Crippen LogP contribution is -2.63. The highest BCUT2D eigenvalue weighted by Gasteiger charge is 2.60. The van der Waals surface area contributed by atoms with Gasteiger partial charge in [0, 0.05) is 12.6 Å². The molecule has 4 bridgehead atoms. The number of nitrogens with zero attached hydrogens (tertiary/aromatic N) is 1. The van der Waals surface area contributed by atoms with Crippen molar-refractivity contribution in [2.45, 2.75) is 74.3 Å². The molecule has 5 saturated carbocycles. The third-order valence-electron chi connectivity index (χ3n) is 7.97. The molecule has 0 radical (unpaired) electrons. The second-order valence-corrected chi connectivity index (χ2v) is 12.0. The van der Waals surface area contributed by atoms with E-state index in [4.69, 9.17) is 0 Å². The zero-order chi connectivity index (χ0) is 20.6. The predicted molar refractivity (Wildman–Crippen MR) is 107 cm³/mol. The van der Waals surface area contributed by atoms with Crippen LogP contribution in [0, 0.1) is 30.5 Å². The van der Waals surface area contributed by atoms with E-state index in [1.165, 1.54) is 42.7 Å². The van der Waals surface area contributed by atoms with Crippen molar-refractivity contribution in [3.63, 3.8) is 0 Å². The Hall–Kier alpha value is -1.47. The number of halogens is 1. The molecule has 0 heterocycles. The molecule has 5 nitrogen and oxygen atoms in total. The Morgan fingerprint density at radius 2 is 1.66 bits per heavy atom. The summed E-state index contributed by atoms with van der Waals surface area (Å²) in [5, 5.41) is 3.33. The zero-order valence-electron chi connectivity index (χ0n) is 17.1. The Balaban J connectivity index is 1.38. The summed E-state index contributed by atoms with van der Waals surface area (Å²) >= 11 is 0. The van der Waals surface area contributed by atoms with Crippen molar-refractivity contribution in [3.8, 4) is 0 Å². The summed E-state index contributed by atoms with van der Waals surface area (Å²) in [6.45, 7) is 1.59. The lowest BCUT2D eigenvalue weighted by atomic mass is 9.53. The molecule has 0 atom stereocenters. The summed E-state index contributed by atoms with van der Waals surface area (Å²) in [6.07, 6.45) is 7.96. The Kier molecular flexibility index (Phi) is 4.21. The third kappa shape index (κ3) is 3.03. The van der Waals surface area contributed by atoms with Crippen LogP contribution in [0.5, 0.6) is 0 Å². The van der Waals surface area contributed by atoms with E-state index >= 15 is 0 Å². The van der Waals surface area contributed by atoms with Gasteiger partial charge in [-0.05, 0) is 93.7 Å². The number of carbonyl (C=O) groups excluding carboxylic acids is 1. The summed E-state index contributed by atoms with van der Waals surface area (Å²) in [7, 11) is -2.49. The normalized spacial score (nSPS) is 34.4. The molecule has 1 N–H and O–H groups in total. The molecule has 1 aromatic rings. The number of amides is 1. The first-order valence-electron chi connectivity index (χ1n) is 10.7.